The monoisotopic (exact) mass is 282 g/mol. The molecule has 0 radical (unpaired) electrons. The predicted molar refractivity (Wildman–Crippen MR) is 74.8 cm³/mol. The number of hydrogen-bond acceptors (Lipinski definition) is 3. The van der Waals surface area contributed by atoms with Crippen molar-refractivity contribution in [2.45, 2.75) is 27.2 Å². The van der Waals surface area contributed by atoms with E-state index in [0.29, 0.717) is 11.6 Å². The second-order valence-electron chi connectivity index (χ2n) is 4.43. The van der Waals surface area contributed by atoms with Crippen LogP contribution in [0.3, 0.4) is 0 Å². The lowest BCUT2D eigenvalue weighted by atomic mass is 10.1. The van der Waals surface area contributed by atoms with Gasteiger partial charge in [-0.3, -0.25) is 9.48 Å². The highest BCUT2D eigenvalue weighted by Crippen LogP contribution is 2.25. The van der Waals surface area contributed by atoms with Crippen LogP contribution in [0.1, 0.15) is 31.4 Å². The number of ketones is 1. The number of hydrogen-bond donors (Lipinski definition) is 0. The SMILES string of the molecule is Cc1cc(C(=O)Cc2c(C)nn(C)c2Cl)sc1C. The van der Waals surface area contributed by atoms with E-state index in [1.54, 1.807) is 23.1 Å². The molecule has 0 aliphatic rings. The fraction of sp³-hybridized carbons (Fsp3) is 0.385. The lowest BCUT2D eigenvalue weighted by Gasteiger charge is -1.98. The van der Waals surface area contributed by atoms with Crippen LogP contribution in [0.25, 0.3) is 0 Å². The maximum absolute atomic E-state index is 12.2. The van der Waals surface area contributed by atoms with Crippen molar-refractivity contribution >= 4 is 28.7 Å². The third kappa shape index (κ3) is 2.35. The molecule has 96 valence electrons. The second kappa shape index (κ2) is 4.86. The van der Waals surface area contributed by atoms with Crippen molar-refractivity contribution in [3.63, 3.8) is 0 Å². The summed E-state index contributed by atoms with van der Waals surface area (Å²) in [6, 6.07) is 1.95. The molecule has 2 heterocycles. The molecule has 5 heteroatoms. The summed E-state index contributed by atoms with van der Waals surface area (Å²) in [5, 5.41) is 4.76. The Morgan fingerprint density at radius 2 is 2.11 bits per heavy atom. The Bertz CT molecular complexity index is 593. The van der Waals surface area contributed by atoms with Gasteiger partial charge in [-0.25, -0.2) is 0 Å². The van der Waals surface area contributed by atoms with E-state index in [0.717, 1.165) is 21.7 Å². The Labute approximate surface area is 115 Å². The third-order valence-corrected chi connectivity index (χ3v) is 4.71. The summed E-state index contributed by atoms with van der Waals surface area (Å²) in [5.74, 6) is 0.106. The van der Waals surface area contributed by atoms with E-state index < -0.39 is 0 Å². The molecular formula is C13H15ClN2OS. The minimum atomic E-state index is 0.106. The molecule has 0 saturated heterocycles. The summed E-state index contributed by atoms with van der Waals surface area (Å²) in [5.41, 5.74) is 2.81. The number of nitrogens with zero attached hydrogens (tertiary/aromatic N) is 2. The van der Waals surface area contributed by atoms with E-state index in [-0.39, 0.29) is 5.78 Å². The van der Waals surface area contributed by atoms with Crippen LogP contribution in [-0.4, -0.2) is 15.6 Å². The van der Waals surface area contributed by atoms with Crippen LogP contribution in [0.2, 0.25) is 5.15 Å². The molecule has 0 aliphatic heterocycles. The smallest absolute Gasteiger partial charge is 0.177 e. The van der Waals surface area contributed by atoms with Gasteiger partial charge in [0.1, 0.15) is 5.15 Å². The van der Waals surface area contributed by atoms with E-state index in [1.807, 2.05) is 26.8 Å². The van der Waals surface area contributed by atoms with E-state index in [4.69, 9.17) is 11.6 Å². The average Bonchev–Trinajstić information content (AvgIpc) is 2.75. The molecule has 3 nitrogen and oxygen atoms in total. The topological polar surface area (TPSA) is 34.9 Å². The number of aryl methyl sites for hydroxylation is 4. The van der Waals surface area contributed by atoms with Gasteiger partial charge in [0, 0.05) is 23.9 Å². The third-order valence-electron chi connectivity index (χ3n) is 3.05. The van der Waals surface area contributed by atoms with Gasteiger partial charge in [-0.1, -0.05) is 11.6 Å². The van der Waals surface area contributed by atoms with Crippen molar-refractivity contribution in [1.29, 1.82) is 0 Å². The summed E-state index contributed by atoms with van der Waals surface area (Å²) in [6.45, 7) is 5.92. The van der Waals surface area contributed by atoms with Crippen molar-refractivity contribution in [2.24, 2.45) is 7.05 Å². The number of rotatable bonds is 3. The zero-order valence-electron chi connectivity index (χ0n) is 10.9. The summed E-state index contributed by atoms with van der Waals surface area (Å²) < 4.78 is 1.60. The van der Waals surface area contributed by atoms with Crippen LogP contribution in [0, 0.1) is 20.8 Å². The number of carbonyl (C=O) groups excluding carboxylic acids is 1. The number of thiophene rings is 1. The predicted octanol–water partition coefficient (Wildman–Crippen LogP) is 3.49. The minimum absolute atomic E-state index is 0.106. The van der Waals surface area contributed by atoms with Crippen LogP contribution in [0.5, 0.6) is 0 Å². The maximum Gasteiger partial charge on any atom is 0.177 e. The van der Waals surface area contributed by atoms with Gasteiger partial charge in [0.2, 0.25) is 0 Å². The number of halogens is 1. The van der Waals surface area contributed by atoms with Crippen LogP contribution >= 0.6 is 22.9 Å². The molecule has 0 spiro atoms. The van der Waals surface area contributed by atoms with Crippen LogP contribution in [0.15, 0.2) is 6.07 Å². The number of carbonyl (C=O) groups is 1. The zero-order valence-corrected chi connectivity index (χ0v) is 12.4. The molecule has 2 aromatic heterocycles. The highest BCUT2D eigenvalue weighted by Gasteiger charge is 2.17. The highest BCUT2D eigenvalue weighted by atomic mass is 35.5. The first kappa shape index (κ1) is 13.3. The van der Waals surface area contributed by atoms with E-state index in [9.17, 15) is 4.79 Å². The van der Waals surface area contributed by atoms with Gasteiger partial charge in [0.15, 0.2) is 5.78 Å². The normalized spacial score (nSPS) is 10.9. The Hall–Kier alpha value is -1.13. The standard InChI is InChI=1S/C13H15ClN2OS/c1-7-5-12(18-9(7)3)11(17)6-10-8(2)15-16(4)13(10)14/h5H,6H2,1-4H3. The second-order valence-corrected chi connectivity index (χ2v) is 6.04. The first-order valence-corrected chi connectivity index (χ1v) is 6.87. The van der Waals surface area contributed by atoms with Crippen molar-refractivity contribution in [3.8, 4) is 0 Å². The lowest BCUT2D eigenvalue weighted by Crippen LogP contribution is -2.02. The quantitative estimate of drug-likeness (QED) is 0.808. The van der Waals surface area contributed by atoms with Gasteiger partial charge < -0.3 is 0 Å². The van der Waals surface area contributed by atoms with Crippen molar-refractivity contribution < 1.29 is 4.79 Å². The zero-order chi connectivity index (χ0) is 13.4. The average molecular weight is 283 g/mol. The Balaban J connectivity index is 2.26. The Morgan fingerprint density at radius 3 is 2.56 bits per heavy atom. The summed E-state index contributed by atoms with van der Waals surface area (Å²) in [4.78, 5) is 14.2. The molecule has 0 unspecified atom stereocenters. The molecule has 0 aliphatic carbocycles. The van der Waals surface area contributed by atoms with Crippen molar-refractivity contribution in [3.05, 3.63) is 37.8 Å². The van der Waals surface area contributed by atoms with Crippen molar-refractivity contribution in [1.82, 2.24) is 9.78 Å². The van der Waals surface area contributed by atoms with E-state index >= 15 is 0 Å². The first-order valence-electron chi connectivity index (χ1n) is 5.68. The van der Waals surface area contributed by atoms with Crippen LogP contribution in [0.4, 0.5) is 0 Å². The number of aromatic nitrogens is 2. The largest absolute Gasteiger partial charge is 0.293 e. The fourth-order valence-corrected chi connectivity index (χ4v) is 3.05. The molecule has 0 aromatic carbocycles. The Morgan fingerprint density at radius 1 is 1.44 bits per heavy atom. The lowest BCUT2D eigenvalue weighted by molar-refractivity contribution is 0.0996. The molecule has 18 heavy (non-hydrogen) atoms. The molecule has 0 fully saturated rings. The fourth-order valence-electron chi connectivity index (χ4n) is 1.83. The van der Waals surface area contributed by atoms with Crippen LogP contribution < -0.4 is 0 Å². The summed E-state index contributed by atoms with van der Waals surface area (Å²) >= 11 is 7.67. The molecular weight excluding hydrogens is 268 g/mol. The molecule has 2 aromatic rings. The van der Waals surface area contributed by atoms with E-state index in [1.165, 1.54) is 4.88 Å². The first-order chi connectivity index (χ1) is 8.40. The van der Waals surface area contributed by atoms with Gasteiger partial charge in [-0.05, 0) is 32.4 Å². The van der Waals surface area contributed by atoms with Gasteiger partial charge in [0.05, 0.1) is 10.6 Å². The molecule has 0 N–H and O–H groups in total. The van der Waals surface area contributed by atoms with E-state index in [2.05, 4.69) is 5.10 Å². The molecule has 2 rings (SSSR count). The van der Waals surface area contributed by atoms with Gasteiger partial charge >= 0.3 is 0 Å². The van der Waals surface area contributed by atoms with Crippen molar-refractivity contribution in [2.75, 3.05) is 0 Å². The number of Topliss-reactive ketones (excluding diaryl/α,β-unsaturated/α-hetero) is 1. The minimum Gasteiger partial charge on any atom is -0.293 e. The summed E-state index contributed by atoms with van der Waals surface area (Å²) in [7, 11) is 1.78. The highest BCUT2D eigenvalue weighted by molar-refractivity contribution is 7.14. The summed E-state index contributed by atoms with van der Waals surface area (Å²) in [6.07, 6.45) is 0.317. The van der Waals surface area contributed by atoms with Gasteiger partial charge in [-0.2, -0.15) is 5.10 Å². The molecule has 0 atom stereocenters. The molecule has 0 bridgehead atoms. The van der Waals surface area contributed by atoms with Gasteiger partial charge in [-0.15, -0.1) is 11.3 Å². The van der Waals surface area contributed by atoms with Crippen LogP contribution in [-0.2, 0) is 13.5 Å². The Kier molecular flexibility index (Phi) is 3.59. The van der Waals surface area contributed by atoms with Gasteiger partial charge in [0.25, 0.3) is 0 Å². The molecule has 0 amide bonds. The maximum atomic E-state index is 12.2. The molecule has 0 saturated carbocycles.